The van der Waals surface area contributed by atoms with Gasteiger partial charge in [0.25, 0.3) is 0 Å². The Balaban J connectivity index is 1.48. The third-order valence-corrected chi connectivity index (χ3v) is 5.39. The van der Waals surface area contributed by atoms with Crippen LogP contribution in [0.1, 0.15) is 29.5 Å². The van der Waals surface area contributed by atoms with Crippen LogP contribution in [-0.2, 0) is 22.4 Å². The van der Waals surface area contributed by atoms with E-state index in [2.05, 4.69) is 24.4 Å². The van der Waals surface area contributed by atoms with Crippen LogP contribution in [-0.4, -0.2) is 36.3 Å². The lowest BCUT2D eigenvalue weighted by Crippen LogP contribution is -2.46. The van der Waals surface area contributed by atoms with Crippen molar-refractivity contribution < 1.29 is 14.0 Å². The van der Waals surface area contributed by atoms with E-state index in [0.717, 1.165) is 12.0 Å². The topological polar surface area (TPSA) is 49.4 Å². The molecule has 0 aromatic heterocycles. The largest absolute Gasteiger partial charge is 0.355 e. The molecule has 1 aliphatic heterocycles. The summed E-state index contributed by atoms with van der Waals surface area (Å²) in [6.07, 6.45) is 2.36. The number of carbonyl (C=O) groups is 2. The van der Waals surface area contributed by atoms with Crippen molar-refractivity contribution in [2.24, 2.45) is 5.92 Å². The highest BCUT2D eigenvalue weighted by atomic mass is 19.1. The summed E-state index contributed by atoms with van der Waals surface area (Å²) in [7, 11) is 0. The summed E-state index contributed by atoms with van der Waals surface area (Å²) in [4.78, 5) is 26.5. The second-order valence-corrected chi connectivity index (χ2v) is 7.42. The number of nitrogens with zero attached hydrogens (tertiary/aromatic N) is 1. The first-order chi connectivity index (χ1) is 13.5. The molecule has 2 aromatic carbocycles. The van der Waals surface area contributed by atoms with Crippen LogP contribution in [0.15, 0.2) is 48.5 Å². The highest BCUT2D eigenvalue weighted by Gasteiger charge is 2.29. The molecule has 0 radical (unpaired) electrons. The minimum absolute atomic E-state index is 0.0110. The van der Waals surface area contributed by atoms with Crippen molar-refractivity contribution in [3.05, 3.63) is 71.0 Å². The summed E-state index contributed by atoms with van der Waals surface area (Å²) in [5, 5.41) is 3.02. The number of amides is 2. The Bertz CT molecular complexity index is 837. The van der Waals surface area contributed by atoms with E-state index in [0.29, 0.717) is 38.9 Å². The Labute approximate surface area is 165 Å². The number of carbonyl (C=O) groups excluding carboxylic acids is 2. The normalized spacial score (nSPS) is 16.9. The fourth-order valence-corrected chi connectivity index (χ4v) is 3.66. The van der Waals surface area contributed by atoms with Gasteiger partial charge in [-0.25, -0.2) is 4.39 Å². The molecule has 1 unspecified atom stereocenters. The number of nitrogens with one attached hydrogen (secondary N) is 1. The molecular formula is C23H27FN2O2. The van der Waals surface area contributed by atoms with E-state index in [1.807, 2.05) is 18.2 Å². The zero-order valence-corrected chi connectivity index (χ0v) is 16.3. The maximum atomic E-state index is 13.3. The standard InChI is InChI=1S/C23H27FN2O2/c1-17-5-2-3-7-19(17)11-13-25-23(28)20-9-10-22(27)26(16-20)14-12-18-6-4-8-21(24)15-18/h2-8,15,20H,9-14,16H2,1H3,(H,25,28). The molecule has 1 heterocycles. The van der Waals surface area contributed by atoms with Crippen LogP contribution in [0.2, 0.25) is 0 Å². The Kier molecular flexibility index (Phi) is 6.80. The second kappa shape index (κ2) is 9.49. The van der Waals surface area contributed by atoms with Crippen LogP contribution in [0.5, 0.6) is 0 Å². The molecule has 2 amide bonds. The van der Waals surface area contributed by atoms with Gasteiger partial charge >= 0.3 is 0 Å². The van der Waals surface area contributed by atoms with Gasteiger partial charge < -0.3 is 10.2 Å². The van der Waals surface area contributed by atoms with Gasteiger partial charge in [0.15, 0.2) is 0 Å². The average molecular weight is 382 g/mol. The van der Waals surface area contributed by atoms with Crippen LogP contribution >= 0.6 is 0 Å². The van der Waals surface area contributed by atoms with Crippen molar-refractivity contribution in [2.75, 3.05) is 19.6 Å². The first-order valence-corrected chi connectivity index (χ1v) is 9.87. The SMILES string of the molecule is Cc1ccccc1CCNC(=O)C1CCC(=O)N(CCc2cccc(F)c2)C1. The molecule has 0 aliphatic carbocycles. The molecule has 5 heteroatoms. The highest BCUT2D eigenvalue weighted by molar-refractivity contribution is 5.83. The summed E-state index contributed by atoms with van der Waals surface area (Å²) in [6.45, 7) is 3.61. The molecular weight excluding hydrogens is 355 g/mol. The predicted molar refractivity (Wildman–Crippen MR) is 107 cm³/mol. The van der Waals surface area contributed by atoms with Crippen molar-refractivity contribution in [3.8, 4) is 0 Å². The van der Waals surface area contributed by atoms with Gasteiger partial charge in [-0.2, -0.15) is 0 Å². The zero-order valence-electron chi connectivity index (χ0n) is 16.3. The fraction of sp³-hybridized carbons (Fsp3) is 0.391. The summed E-state index contributed by atoms with van der Waals surface area (Å²) < 4.78 is 13.3. The summed E-state index contributed by atoms with van der Waals surface area (Å²) >= 11 is 0. The molecule has 1 saturated heterocycles. The van der Waals surface area contributed by atoms with Crippen LogP contribution in [0.3, 0.4) is 0 Å². The van der Waals surface area contributed by atoms with Crippen molar-refractivity contribution >= 4 is 11.8 Å². The minimum atomic E-state index is -0.270. The predicted octanol–water partition coefficient (Wildman–Crippen LogP) is 3.27. The summed E-state index contributed by atoms with van der Waals surface area (Å²) in [5.74, 6) is -0.368. The number of hydrogen-bond acceptors (Lipinski definition) is 2. The van der Waals surface area contributed by atoms with E-state index < -0.39 is 0 Å². The molecule has 3 rings (SSSR count). The highest BCUT2D eigenvalue weighted by Crippen LogP contribution is 2.19. The molecule has 0 spiro atoms. The van der Waals surface area contributed by atoms with Crippen molar-refractivity contribution in [3.63, 3.8) is 0 Å². The van der Waals surface area contributed by atoms with Gasteiger partial charge in [-0.1, -0.05) is 36.4 Å². The van der Waals surface area contributed by atoms with E-state index in [1.54, 1.807) is 11.0 Å². The molecule has 1 aliphatic rings. The molecule has 1 fully saturated rings. The molecule has 4 nitrogen and oxygen atoms in total. The Morgan fingerprint density at radius 2 is 2.00 bits per heavy atom. The third kappa shape index (κ3) is 5.41. The number of hydrogen-bond donors (Lipinski definition) is 1. The van der Waals surface area contributed by atoms with Crippen LogP contribution in [0.4, 0.5) is 4.39 Å². The second-order valence-electron chi connectivity index (χ2n) is 7.42. The lowest BCUT2D eigenvalue weighted by molar-refractivity contribution is -0.138. The first kappa shape index (κ1) is 20.1. The Hall–Kier alpha value is -2.69. The van der Waals surface area contributed by atoms with Gasteiger partial charge in [-0.15, -0.1) is 0 Å². The lowest BCUT2D eigenvalue weighted by Gasteiger charge is -2.32. The van der Waals surface area contributed by atoms with E-state index >= 15 is 0 Å². The summed E-state index contributed by atoms with van der Waals surface area (Å²) in [5.41, 5.74) is 3.32. The smallest absolute Gasteiger partial charge is 0.224 e. The fourth-order valence-electron chi connectivity index (χ4n) is 3.66. The average Bonchev–Trinajstić information content (AvgIpc) is 2.69. The molecule has 28 heavy (non-hydrogen) atoms. The molecule has 2 aromatic rings. The van der Waals surface area contributed by atoms with E-state index in [1.165, 1.54) is 23.3 Å². The zero-order chi connectivity index (χ0) is 19.9. The molecule has 0 bridgehead atoms. The maximum absolute atomic E-state index is 13.3. The summed E-state index contributed by atoms with van der Waals surface area (Å²) in [6, 6.07) is 14.6. The van der Waals surface area contributed by atoms with Gasteiger partial charge in [0.2, 0.25) is 11.8 Å². The van der Waals surface area contributed by atoms with Crippen LogP contribution < -0.4 is 5.32 Å². The molecule has 148 valence electrons. The lowest BCUT2D eigenvalue weighted by atomic mass is 9.96. The number of rotatable bonds is 7. The van der Waals surface area contributed by atoms with Gasteiger partial charge in [-0.05, 0) is 55.0 Å². The van der Waals surface area contributed by atoms with E-state index in [4.69, 9.17) is 0 Å². The van der Waals surface area contributed by atoms with Crippen LogP contribution in [0, 0.1) is 18.7 Å². The van der Waals surface area contributed by atoms with Gasteiger partial charge in [0.1, 0.15) is 5.82 Å². The number of likely N-dealkylation sites (tertiary alicyclic amines) is 1. The Morgan fingerprint density at radius 3 is 2.79 bits per heavy atom. The molecule has 0 saturated carbocycles. The van der Waals surface area contributed by atoms with Gasteiger partial charge in [-0.3, -0.25) is 9.59 Å². The maximum Gasteiger partial charge on any atom is 0.224 e. The van der Waals surface area contributed by atoms with Crippen molar-refractivity contribution in [2.45, 2.75) is 32.6 Å². The van der Waals surface area contributed by atoms with Gasteiger partial charge in [0, 0.05) is 26.1 Å². The number of piperidine rings is 1. The van der Waals surface area contributed by atoms with Gasteiger partial charge in [0.05, 0.1) is 5.92 Å². The van der Waals surface area contributed by atoms with E-state index in [9.17, 15) is 14.0 Å². The third-order valence-electron chi connectivity index (χ3n) is 5.39. The minimum Gasteiger partial charge on any atom is -0.355 e. The van der Waals surface area contributed by atoms with Crippen LogP contribution in [0.25, 0.3) is 0 Å². The quantitative estimate of drug-likeness (QED) is 0.799. The van der Waals surface area contributed by atoms with Crippen molar-refractivity contribution in [1.29, 1.82) is 0 Å². The monoisotopic (exact) mass is 382 g/mol. The Morgan fingerprint density at radius 1 is 1.18 bits per heavy atom. The van der Waals surface area contributed by atoms with Crippen molar-refractivity contribution in [1.82, 2.24) is 10.2 Å². The number of halogens is 1. The first-order valence-electron chi connectivity index (χ1n) is 9.87. The molecule has 1 atom stereocenters. The number of benzene rings is 2. The molecule has 1 N–H and O–H groups in total. The van der Waals surface area contributed by atoms with E-state index in [-0.39, 0.29) is 23.5 Å². The number of aryl methyl sites for hydroxylation is 1.